The molecular formula is C24H28N2O4. The van der Waals surface area contributed by atoms with Crippen LogP contribution in [0.5, 0.6) is 5.75 Å². The summed E-state index contributed by atoms with van der Waals surface area (Å²) in [7, 11) is 0. The van der Waals surface area contributed by atoms with Gasteiger partial charge in [-0.2, -0.15) is 0 Å². The quantitative estimate of drug-likeness (QED) is 0.808. The molecule has 0 unspecified atom stereocenters. The van der Waals surface area contributed by atoms with Crippen LogP contribution >= 0.6 is 0 Å². The molecule has 158 valence electrons. The number of nitrogens with zero attached hydrogens (tertiary/aromatic N) is 1. The van der Waals surface area contributed by atoms with E-state index in [0.717, 1.165) is 18.6 Å². The monoisotopic (exact) mass is 408 g/mol. The van der Waals surface area contributed by atoms with Crippen LogP contribution in [0.2, 0.25) is 0 Å². The van der Waals surface area contributed by atoms with Gasteiger partial charge >= 0.3 is 0 Å². The highest BCUT2D eigenvalue weighted by molar-refractivity contribution is 6.05. The number of anilines is 1. The van der Waals surface area contributed by atoms with Gasteiger partial charge in [-0.05, 0) is 62.1 Å². The van der Waals surface area contributed by atoms with Crippen molar-refractivity contribution in [1.82, 2.24) is 4.90 Å². The summed E-state index contributed by atoms with van der Waals surface area (Å²) in [6.45, 7) is 2.29. The summed E-state index contributed by atoms with van der Waals surface area (Å²) in [5.74, 6) is 0.461. The first-order chi connectivity index (χ1) is 14.7. The molecular weight excluding hydrogens is 380 g/mol. The number of rotatable bonds is 5. The van der Waals surface area contributed by atoms with E-state index in [1.54, 1.807) is 41.3 Å². The molecule has 1 aliphatic carbocycles. The minimum absolute atomic E-state index is 0.0442. The Kier molecular flexibility index (Phi) is 6.64. The number of benzene rings is 2. The number of hydrogen-bond donors (Lipinski definition) is 1. The molecule has 0 spiro atoms. The lowest BCUT2D eigenvalue weighted by atomic mass is 9.98. The summed E-state index contributed by atoms with van der Waals surface area (Å²) in [4.78, 5) is 27.2. The maximum Gasteiger partial charge on any atom is 0.255 e. The first-order valence-electron chi connectivity index (χ1n) is 10.7. The third-order valence-electron chi connectivity index (χ3n) is 5.62. The minimum atomic E-state index is -0.222. The molecule has 0 aromatic heterocycles. The van der Waals surface area contributed by atoms with Crippen LogP contribution in [-0.4, -0.2) is 49.1 Å². The fourth-order valence-electron chi connectivity index (χ4n) is 3.97. The van der Waals surface area contributed by atoms with Gasteiger partial charge in [-0.3, -0.25) is 9.59 Å². The summed E-state index contributed by atoms with van der Waals surface area (Å²) < 4.78 is 11.4. The predicted molar refractivity (Wildman–Crippen MR) is 115 cm³/mol. The van der Waals surface area contributed by atoms with Crippen LogP contribution in [0.1, 0.15) is 52.8 Å². The van der Waals surface area contributed by atoms with E-state index in [-0.39, 0.29) is 17.9 Å². The Bertz CT molecular complexity index is 886. The Morgan fingerprint density at radius 1 is 0.933 bits per heavy atom. The average molecular weight is 408 g/mol. The number of morpholine rings is 1. The number of hydrogen-bond acceptors (Lipinski definition) is 4. The minimum Gasteiger partial charge on any atom is -0.490 e. The fourth-order valence-corrected chi connectivity index (χ4v) is 3.97. The first kappa shape index (κ1) is 20.4. The van der Waals surface area contributed by atoms with Crippen LogP contribution in [0.3, 0.4) is 0 Å². The Morgan fingerprint density at radius 3 is 2.47 bits per heavy atom. The number of carbonyl (C=O) groups excluding carboxylic acids is 2. The van der Waals surface area contributed by atoms with Gasteiger partial charge < -0.3 is 19.7 Å². The molecule has 2 aromatic carbocycles. The molecule has 30 heavy (non-hydrogen) atoms. The highest BCUT2D eigenvalue weighted by Crippen LogP contribution is 2.24. The van der Waals surface area contributed by atoms with Gasteiger partial charge in [-0.1, -0.05) is 18.6 Å². The van der Waals surface area contributed by atoms with Crippen molar-refractivity contribution in [2.45, 2.75) is 38.2 Å². The molecule has 1 aliphatic heterocycles. The summed E-state index contributed by atoms with van der Waals surface area (Å²) in [5, 5.41) is 2.90. The van der Waals surface area contributed by atoms with E-state index >= 15 is 0 Å². The van der Waals surface area contributed by atoms with Gasteiger partial charge in [0.2, 0.25) is 0 Å². The zero-order valence-corrected chi connectivity index (χ0v) is 17.1. The van der Waals surface area contributed by atoms with E-state index in [1.807, 2.05) is 12.1 Å². The summed E-state index contributed by atoms with van der Waals surface area (Å²) in [6.07, 6.45) is 6.05. The smallest absolute Gasteiger partial charge is 0.255 e. The second-order valence-corrected chi connectivity index (χ2v) is 7.85. The molecule has 1 saturated carbocycles. The van der Waals surface area contributed by atoms with Crippen LogP contribution in [0.15, 0.2) is 48.5 Å². The Labute approximate surface area is 177 Å². The molecule has 0 bridgehead atoms. The van der Waals surface area contributed by atoms with Crippen molar-refractivity contribution in [2.75, 3.05) is 31.6 Å². The van der Waals surface area contributed by atoms with Crippen molar-refractivity contribution in [3.63, 3.8) is 0 Å². The third-order valence-corrected chi connectivity index (χ3v) is 5.62. The Balaban J connectivity index is 1.41. The zero-order chi connectivity index (χ0) is 20.8. The van der Waals surface area contributed by atoms with Crippen LogP contribution in [0.4, 0.5) is 5.69 Å². The van der Waals surface area contributed by atoms with Crippen molar-refractivity contribution in [1.29, 1.82) is 0 Å². The molecule has 1 saturated heterocycles. The number of amides is 2. The van der Waals surface area contributed by atoms with Crippen LogP contribution in [0.25, 0.3) is 0 Å². The molecule has 1 N–H and O–H groups in total. The number of ether oxygens (including phenoxy) is 2. The van der Waals surface area contributed by atoms with Gasteiger partial charge in [0.25, 0.3) is 11.8 Å². The van der Waals surface area contributed by atoms with Gasteiger partial charge in [0.1, 0.15) is 5.75 Å². The van der Waals surface area contributed by atoms with Crippen molar-refractivity contribution in [3.8, 4) is 5.75 Å². The Hall–Kier alpha value is -2.86. The van der Waals surface area contributed by atoms with Crippen molar-refractivity contribution < 1.29 is 19.1 Å². The SMILES string of the molecule is O=C(Nc1cccc(C(=O)N2CCOCC2)c1)c1cccc(OC2CCCCC2)c1. The van der Waals surface area contributed by atoms with Crippen molar-refractivity contribution in [2.24, 2.45) is 0 Å². The van der Waals surface area contributed by atoms with Crippen LogP contribution < -0.4 is 10.1 Å². The maximum atomic E-state index is 12.8. The predicted octanol–water partition coefficient (Wildman–Crippen LogP) is 4.12. The number of nitrogens with one attached hydrogen (secondary N) is 1. The van der Waals surface area contributed by atoms with E-state index in [0.29, 0.717) is 43.1 Å². The molecule has 6 heteroatoms. The second kappa shape index (κ2) is 9.76. The van der Waals surface area contributed by atoms with Gasteiger partial charge in [0.05, 0.1) is 19.3 Å². The average Bonchev–Trinajstić information content (AvgIpc) is 2.80. The second-order valence-electron chi connectivity index (χ2n) is 7.85. The highest BCUT2D eigenvalue weighted by Gasteiger charge is 2.19. The summed E-state index contributed by atoms with van der Waals surface area (Å²) >= 11 is 0. The largest absolute Gasteiger partial charge is 0.490 e. The highest BCUT2D eigenvalue weighted by atomic mass is 16.5. The van der Waals surface area contributed by atoms with Gasteiger partial charge in [-0.25, -0.2) is 0 Å². The van der Waals surface area contributed by atoms with E-state index < -0.39 is 0 Å². The number of carbonyl (C=O) groups is 2. The van der Waals surface area contributed by atoms with Crippen LogP contribution in [0, 0.1) is 0 Å². The topological polar surface area (TPSA) is 67.9 Å². The summed E-state index contributed by atoms with van der Waals surface area (Å²) in [6, 6.07) is 14.4. The zero-order valence-electron chi connectivity index (χ0n) is 17.1. The van der Waals surface area contributed by atoms with Gasteiger partial charge in [0, 0.05) is 29.9 Å². The molecule has 0 atom stereocenters. The summed E-state index contributed by atoms with van der Waals surface area (Å²) in [5.41, 5.74) is 1.69. The van der Waals surface area contributed by atoms with Crippen molar-refractivity contribution in [3.05, 3.63) is 59.7 Å². The third kappa shape index (κ3) is 5.19. The molecule has 1 heterocycles. The molecule has 2 amide bonds. The Morgan fingerprint density at radius 2 is 1.67 bits per heavy atom. The van der Waals surface area contributed by atoms with Gasteiger partial charge in [-0.15, -0.1) is 0 Å². The molecule has 2 aromatic rings. The first-order valence-corrected chi connectivity index (χ1v) is 10.7. The lowest BCUT2D eigenvalue weighted by molar-refractivity contribution is 0.0303. The van der Waals surface area contributed by atoms with Gasteiger partial charge in [0.15, 0.2) is 0 Å². The molecule has 6 nitrogen and oxygen atoms in total. The lowest BCUT2D eigenvalue weighted by Gasteiger charge is -2.27. The van der Waals surface area contributed by atoms with E-state index in [4.69, 9.17) is 9.47 Å². The normalized spacial score (nSPS) is 17.4. The fraction of sp³-hybridized carbons (Fsp3) is 0.417. The molecule has 4 rings (SSSR count). The van der Waals surface area contributed by atoms with E-state index in [1.165, 1.54) is 19.3 Å². The van der Waals surface area contributed by atoms with E-state index in [2.05, 4.69) is 5.32 Å². The van der Waals surface area contributed by atoms with Crippen LogP contribution in [-0.2, 0) is 4.74 Å². The van der Waals surface area contributed by atoms with Crippen molar-refractivity contribution >= 4 is 17.5 Å². The lowest BCUT2D eigenvalue weighted by Crippen LogP contribution is -2.40. The molecule has 0 radical (unpaired) electrons. The molecule has 2 fully saturated rings. The maximum absolute atomic E-state index is 12.8. The molecule has 2 aliphatic rings. The standard InChI is InChI=1S/C24H28N2O4/c27-23(18-6-5-11-22(17-18)30-21-9-2-1-3-10-21)25-20-8-4-7-19(16-20)24(28)26-12-14-29-15-13-26/h4-8,11,16-17,21H,1-3,9-10,12-15H2,(H,25,27). The van der Waals surface area contributed by atoms with E-state index in [9.17, 15) is 9.59 Å².